The average molecular weight is 524 g/mol. The van der Waals surface area contributed by atoms with Gasteiger partial charge in [0.2, 0.25) is 5.91 Å². The van der Waals surface area contributed by atoms with Gasteiger partial charge in [0.15, 0.2) is 0 Å². The molecule has 1 atom stereocenters. The van der Waals surface area contributed by atoms with E-state index in [4.69, 9.17) is 10.5 Å². The van der Waals surface area contributed by atoms with E-state index in [1.165, 1.54) is 29.0 Å². The number of fused-ring (bicyclic) bond motifs is 1. The number of pyridine rings is 1. The second-order valence-electron chi connectivity index (χ2n) is 8.95. The first-order valence-corrected chi connectivity index (χ1v) is 11.9. The van der Waals surface area contributed by atoms with Gasteiger partial charge in [-0.3, -0.25) is 13.9 Å². The lowest BCUT2D eigenvalue weighted by molar-refractivity contribution is -0.137. The predicted molar refractivity (Wildman–Crippen MR) is 136 cm³/mol. The summed E-state index contributed by atoms with van der Waals surface area (Å²) in [7, 11) is 0. The second kappa shape index (κ2) is 9.73. The summed E-state index contributed by atoms with van der Waals surface area (Å²) in [6, 6.07) is 12.4. The van der Waals surface area contributed by atoms with Crippen LogP contribution in [0.5, 0.6) is 11.5 Å². The lowest BCUT2D eigenvalue weighted by Gasteiger charge is -2.32. The minimum atomic E-state index is -4.43. The number of nitrogens with zero attached hydrogens (tertiary/aromatic N) is 4. The Morgan fingerprint density at radius 2 is 1.74 bits per heavy atom. The van der Waals surface area contributed by atoms with E-state index in [9.17, 15) is 22.8 Å². The van der Waals surface area contributed by atoms with Crippen LogP contribution in [-0.2, 0) is 11.0 Å². The zero-order valence-electron chi connectivity index (χ0n) is 20.2. The molecule has 5 rings (SSSR count). The molecule has 11 heteroatoms. The number of anilines is 1. The maximum absolute atomic E-state index is 13.8. The fraction of sp³-hybridized carbons (Fsp3) is 0.222. The van der Waals surface area contributed by atoms with Gasteiger partial charge in [-0.2, -0.15) is 13.2 Å². The molecule has 3 heterocycles. The number of hydrogen-bond acceptors (Lipinski definition) is 5. The highest BCUT2D eigenvalue weighted by atomic mass is 19.4. The van der Waals surface area contributed by atoms with Crippen molar-refractivity contribution >= 4 is 22.8 Å². The summed E-state index contributed by atoms with van der Waals surface area (Å²) in [6.45, 7) is 4.52. The maximum Gasteiger partial charge on any atom is 0.416 e. The quantitative estimate of drug-likeness (QED) is 0.375. The van der Waals surface area contributed by atoms with Crippen LogP contribution in [0, 0.1) is 0 Å². The van der Waals surface area contributed by atoms with E-state index in [1.54, 1.807) is 39.8 Å². The minimum absolute atomic E-state index is 0.179. The van der Waals surface area contributed by atoms with E-state index >= 15 is 0 Å². The summed E-state index contributed by atoms with van der Waals surface area (Å²) in [6.07, 6.45) is -0.179. The molecule has 0 unspecified atom stereocenters. The molecule has 0 bridgehead atoms. The number of halogens is 3. The molecule has 2 aromatic carbocycles. The molecule has 1 fully saturated rings. The van der Waals surface area contributed by atoms with Gasteiger partial charge in [-0.05, 0) is 73.5 Å². The first-order valence-electron chi connectivity index (χ1n) is 11.9. The zero-order chi connectivity index (χ0) is 27.0. The smallest absolute Gasteiger partial charge is 0.416 e. The van der Waals surface area contributed by atoms with Crippen LogP contribution in [0.3, 0.4) is 0 Å². The standard InChI is InChI=1S/C27H24F3N5O3/c1-2-23(36)33-15-3-4-19(16-33)34-22-13-14-32-25(31)24(22)35(26(34)37)18-7-11-21(12-8-18)38-20-9-5-17(6-10-20)27(28,29)30/h2,5-14,19H,1,3-4,15-16H2,(H2,31,32)/t19-/m1/s1. The van der Waals surface area contributed by atoms with E-state index in [1.807, 2.05) is 0 Å². The molecule has 1 aliphatic rings. The van der Waals surface area contributed by atoms with Crippen molar-refractivity contribution in [3.63, 3.8) is 0 Å². The minimum Gasteiger partial charge on any atom is -0.457 e. The van der Waals surface area contributed by atoms with Gasteiger partial charge in [-0.15, -0.1) is 0 Å². The number of carbonyl (C=O) groups excluding carboxylic acids is 1. The Morgan fingerprint density at radius 3 is 2.37 bits per heavy atom. The normalized spacial score (nSPS) is 16.0. The number of nitrogen functional groups attached to an aromatic ring is 1. The van der Waals surface area contributed by atoms with Crippen LogP contribution in [-0.4, -0.2) is 38.0 Å². The fourth-order valence-corrected chi connectivity index (χ4v) is 4.79. The number of alkyl halides is 3. The highest BCUT2D eigenvalue weighted by Crippen LogP contribution is 2.32. The third-order valence-corrected chi connectivity index (χ3v) is 6.57. The number of benzene rings is 2. The van der Waals surface area contributed by atoms with Crippen molar-refractivity contribution in [1.29, 1.82) is 0 Å². The Hall–Kier alpha value is -4.54. The first-order chi connectivity index (χ1) is 18.2. The molecule has 1 saturated heterocycles. The van der Waals surface area contributed by atoms with Gasteiger partial charge < -0.3 is 15.4 Å². The summed E-state index contributed by atoms with van der Waals surface area (Å²) in [5.74, 6) is 0.612. The van der Waals surface area contributed by atoms with Crippen molar-refractivity contribution in [3.8, 4) is 17.2 Å². The van der Waals surface area contributed by atoms with Crippen molar-refractivity contribution in [2.45, 2.75) is 25.1 Å². The molecule has 0 spiro atoms. The van der Waals surface area contributed by atoms with Crippen molar-refractivity contribution in [1.82, 2.24) is 19.0 Å². The Labute approximate surface area is 215 Å². The first kappa shape index (κ1) is 25.1. The lowest BCUT2D eigenvalue weighted by Crippen LogP contribution is -2.42. The van der Waals surface area contributed by atoms with E-state index in [2.05, 4.69) is 11.6 Å². The predicted octanol–water partition coefficient (Wildman–Crippen LogP) is 4.93. The Morgan fingerprint density at radius 1 is 1.08 bits per heavy atom. The van der Waals surface area contributed by atoms with Gasteiger partial charge in [0.05, 0.1) is 22.8 Å². The van der Waals surface area contributed by atoms with Crippen molar-refractivity contribution < 1.29 is 22.7 Å². The summed E-state index contributed by atoms with van der Waals surface area (Å²) in [4.78, 5) is 31.8. The monoisotopic (exact) mass is 523 g/mol. The molecule has 2 N–H and O–H groups in total. The number of imidazole rings is 1. The number of hydrogen-bond donors (Lipinski definition) is 1. The van der Waals surface area contributed by atoms with E-state index in [0.717, 1.165) is 18.6 Å². The molecule has 0 aliphatic carbocycles. The molecule has 0 saturated carbocycles. The highest BCUT2D eigenvalue weighted by Gasteiger charge is 2.30. The van der Waals surface area contributed by atoms with Crippen LogP contribution in [0.4, 0.5) is 19.0 Å². The van der Waals surface area contributed by atoms with Gasteiger partial charge >= 0.3 is 11.9 Å². The van der Waals surface area contributed by atoms with Gasteiger partial charge in [0.1, 0.15) is 22.8 Å². The number of rotatable bonds is 5. The van der Waals surface area contributed by atoms with Crippen LogP contribution in [0.15, 0.2) is 78.2 Å². The van der Waals surface area contributed by atoms with Crippen LogP contribution in [0.1, 0.15) is 24.4 Å². The third kappa shape index (κ3) is 4.62. The Kier molecular flexibility index (Phi) is 6.43. The Bertz CT molecular complexity index is 1560. The zero-order valence-corrected chi connectivity index (χ0v) is 20.2. The molecule has 1 amide bonds. The molecular weight excluding hydrogens is 499 g/mol. The molecule has 196 valence electrons. The largest absolute Gasteiger partial charge is 0.457 e. The fourth-order valence-electron chi connectivity index (χ4n) is 4.79. The summed E-state index contributed by atoms with van der Waals surface area (Å²) in [5, 5.41) is 0. The number of nitrogens with two attached hydrogens (primary N) is 1. The van der Waals surface area contributed by atoms with Gasteiger partial charge in [0, 0.05) is 19.3 Å². The van der Waals surface area contributed by atoms with E-state index < -0.39 is 11.7 Å². The van der Waals surface area contributed by atoms with Gasteiger partial charge in [-0.1, -0.05) is 6.58 Å². The van der Waals surface area contributed by atoms with Gasteiger partial charge in [-0.25, -0.2) is 9.78 Å². The second-order valence-corrected chi connectivity index (χ2v) is 8.95. The SMILES string of the molecule is C=CC(=O)N1CCC[C@@H](n2c(=O)n(-c3ccc(Oc4ccc(C(F)(F)F)cc4)cc3)c3c(N)nccc32)C1. The third-order valence-electron chi connectivity index (χ3n) is 6.57. The molecule has 8 nitrogen and oxygen atoms in total. The lowest BCUT2D eigenvalue weighted by atomic mass is 10.1. The molecule has 38 heavy (non-hydrogen) atoms. The number of aromatic nitrogens is 3. The van der Waals surface area contributed by atoms with Crippen LogP contribution >= 0.6 is 0 Å². The number of likely N-dealkylation sites (tertiary alicyclic amines) is 1. The van der Waals surface area contributed by atoms with Crippen LogP contribution in [0.2, 0.25) is 0 Å². The average Bonchev–Trinajstić information content (AvgIpc) is 3.21. The van der Waals surface area contributed by atoms with Crippen molar-refractivity contribution in [2.24, 2.45) is 0 Å². The summed E-state index contributed by atoms with van der Waals surface area (Å²) < 4.78 is 47.2. The highest BCUT2D eigenvalue weighted by molar-refractivity contribution is 5.88. The van der Waals surface area contributed by atoms with Gasteiger partial charge in [0.25, 0.3) is 0 Å². The summed E-state index contributed by atoms with van der Waals surface area (Å²) in [5.41, 5.74) is 6.67. The topological polar surface area (TPSA) is 95.4 Å². The van der Waals surface area contributed by atoms with Crippen LogP contribution < -0.4 is 16.2 Å². The van der Waals surface area contributed by atoms with Crippen molar-refractivity contribution in [2.75, 3.05) is 18.8 Å². The molecule has 1 aliphatic heterocycles. The summed E-state index contributed by atoms with van der Waals surface area (Å²) >= 11 is 0. The number of ether oxygens (including phenoxy) is 1. The number of carbonyl (C=O) groups is 1. The molecule has 4 aromatic rings. The van der Waals surface area contributed by atoms with E-state index in [-0.39, 0.29) is 29.2 Å². The number of amides is 1. The van der Waals surface area contributed by atoms with Crippen molar-refractivity contribution in [3.05, 3.63) is 89.5 Å². The maximum atomic E-state index is 13.8. The van der Waals surface area contributed by atoms with E-state index in [0.29, 0.717) is 42.0 Å². The Balaban J connectivity index is 1.48. The molecule has 2 aromatic heterocycles. The molecule has 0 radical (unpaired) electrons. The number of piperidine rings is 1. The molecular formula is C27H24F3N5O3. The van der Waals surface area contributed by atoms with Crippen LogP contribution in [0.25, 0.3) is 16.7 Å².